The Labute approximate surface area is 107 Å². The molecule has 0 aliphatic carbocycles. The van der Waals surface area contributed by atoms with Crippen LogP contribution in [0, 0.1) is 0 Å². The lowest BCUT2D eigenvalue weighted by molar-refractivity contribution is -0.137. The fourth-order valence-corrected chi connectivity index (χ4v) is 1.92. The van der Waals surface area contributed by atoms with Crippen LogP contribution in [0.4, 0.5) is 0 Å². The van der Waals surface area contributed by atoms with Crippen molar-refractivity contribution in [2.75, 3.05) is 0 Å². The molecule has 0 aliphatic rings. The summed E-state index contributed by atoms with van der Waals surface area (Å²) in [6.07, 6.45) is 0.816. The van der Waals surface area contributed by atoms with Crippen LogP contribution in [0.3, 0.4) is 0 Å². The first-order valence-corrected chi connectivity index (χ1v) is 6.10. The Bertz CT molecular complexity index is 381. The Morgan fingerprint density at radius 3 is 2.76 bits per heavy atom. The maximum absolute atomic E-state index is 10.5. The van der Waals surface area contributed by atoms with Gasteiger partial charge in [-0.15, -0.1) is 0 Å². The summed E-state index contributed by atoms with van der Waals surface area (Å²) in [6.45, 7) is 4.03. The van der Waals surface area contributed by atoms with Gasteiger partial charge in [0.25, 0.3) is 0 Å². The first-order chi connectivity index (χ1) is 7.99. The van der Waals surface area contributed by atoms with Gasteiger partial charge in [0.1, 0.15) is 0 Å². The van der Waals surface area contributed by atoms with Gasteiger partial charge in [-0.2, -0.15) is 0 Å². The second kappa shape index (κ2) is 6.62. The smallest absolute Gasteiger partial charge is 0.303 e. The molecule has 17 heavy (non-hydrogen) atoms. The first kappa shape index (κ1) is 14.0. The van der Waals surface area contributed by atoms with Crippen LogP contribution in [-0.2, 0) is 4.79 Å². The lowest BCUT2D eigenvalue weighted by Gasteiger charge is -2.20. The van der Waals surface area contributed by atoms with Crippen molar-refractivity contribution in [3.63, 3.8) is 0 Å². The molecule has 3 nitrogen and oxygen atoms in total. The van der Waals surface area contributed by atoms with E-state index in [1.54, 1.807) is 0 Å². The lowest BCUT2D eigenvalue weighted by atomic mass is 10.1. The number of aliphatic carboxylic acids is 1. The fraction of sp³-hybridized carbons (Fsp3) is 0.462. The average molecular weight is 256 g/mol. The zero-order valence-electron chi connectivity index (χ0n) is 10.1. The topological polar surface area (TPSA) is 49.3 Å². The van der Waals surface area contributed by atoms with E-state index in [9.17, 15) is 4.79 Å². The van der Waals surface area contributed by atoms with Gasteiger partial charge in [-0.1, -0.05) is 23.7 Å². The van der Waals surface area contributed by atoms with E-state index in [2.05, 4.69) is 5.32 Å². The number of hydrogen-bond acceptors (Lipinski definition) is 2. The highest BCUT2D eigenvalue weighted by atomic mass is 35.5. The predicted octanol–water partition coefficient (Wildman–Crippen LogP) is 3.24. The maximum atomic E-state index is 10.5. The molecule has 1 aromatic rings. The van der Waals surface area contributed by atoms with E-state index in [0.717, 1.165) is 5.56 Å². The third-order valence-electron chi connectivity index (χ3n) is 2.67. The van der Waals surface area contributed by atoms with E-state index in [4.69, 9.17) is 16.7 Å². The standard InChI is InChI=1S/C13H18ClNO2/c1-9(6-7-13(16)17)15-10(2)11-4-3-5-12(14)8-11/h3-5,8-10,15H,6-7H2,1-2H3,(H,16,17)/t9?,10-/m1/s1. The third kappa shape index (κ3) is 5.20. The molecule has 2 atom stereocenters. The van der Waals surface area contributed by atoms with Crippen LogP contribution >= 0.6 is 11.6 Å². The molecule has 0 bridgehead atoms. The second-order valence-electron chi connectivity index (χ2n) is 4.28. The molecule has 1 rings (SSSR count). The van der Waals surface area contributed by atoms with E-state index in [1.807, 2.05) is 38.1 Å². The SMILES string of the molecule is CC(CCC(=O)O)N[C@H](C)c1cccc(Cl)c1. The summed E-state index contributed by atoms with van der Waals surface area (Å²) < 4.78 is 0. The molecule has 0 spiro atoms. The number of rotatable bonds is 6. The molecule has 4 heteroatoms. The summed E-state index contributed by atoms with van der Waals surface area (Å²) in [5, 5.41) is 12.7. The number of halogens is 1. The van der Waals surface area contributed by atoms with Crippen molar-refractivity contribution in [3.05, 3.63) is 34.9 Å². The highest BCUT2D eigenvalue weighted by Gasteiger charge is 2.10. The van der Waals surface area contributed by atoms with Crippen LogP contribution in [0.2, 0.25) is 5.02 Å². The van der Waals surface area contributed by atoms with Gasteiger partial charge in [-0.25, -0.2) is 0 Å². The highest BCUT2D eigenvalue weighted by Crippen LogP contribution is 2.18. The van der Waals surface area contributed by atoms with Gasteiger partial charge in [0, 0.05) is 23.5 Å². The monoisotopic (exact) mass is 255 g/mol. The second-order valence-corrected chi connectivity index (χ2v) is 4.71. The summed E-state index contributed by atoms with van der Waals surface area (Å²) >= 11 is 5.92. The molecule has 0 heterocycles. The number of carboxylic acids is 1. The number of hydrogen-bond donors (Lipinski definition) is 2. The molecular weight excluding hydrogens is 238 g/mol. The fourth-order valence-electron chi connectivity index (χ4n) is 1.72. The quantitative estimate of drug-likeness (QED) is 0.820. The van der Waals surface area contributed by atoms with Crippen molar-refractivity contribution in [2.45, 2.75) is 38.8 Å². The minimum atomic E-state index is -0.756. The van der Waals surface area contributed by atoms with Crippen LogP contribution in [0.25, 0.3) is 0 Å². The van der Waals surface area contributed by atoms with Gasteiger partial charge >= 0.3 is 5.97 Å². The summed E-state index contributed by atoms with van der Waals surface area (Å²) in [6, 6.07) is 8.01. The molecular formula is C13H18ClNO2. The van der Waals surface area contributed by atoms with E-state index < -0.39 is 5.97 Å². The number of nitrogens with one attached hydrogen (secondary N) is 1. The molecule has 0 aromatic heterocycles. The summed E-state index contributed by atoms with van der Waals surface area (Å²) in [5.41, 5.74) is 1.11. The molecule has 0 aliphatic heterocycles. The van der Waals surface area contributed by atoms with Gasteiger partial charge < -0.3 is 10.4 Å². The Morgan fingerprint density at radius 1 is 1.47 bits per heavy atom. The van der Waals surface area contributed by atoms with Crippen molar-refractivity contribution < 1.29 is 9.90 Å². The molecule has 94 valence electrons. The minimum Gasteiger partial charge on any atom is -0.481 e. The molecule has 0 fully saturated rings. The number of carbonyl (C=O) groups is 1. The largest absolute Gasteiger partial charge is 0.481 e. The summed E-state index contributed by atoms with van der Waals surface area (Å²) in [4.78, 5) is 10.5. The van der Waals surface area contributed by atoms with E-state index >= 15 is 0 Å². The molecule has 2 N–H and O–H groups in total. The first-order valence-electron chi connectivity index (χ1n) is 5.72. The minimum absolute atomic E-state index is 0.164. The van der Waals surface area contributed by atoms with Crippen LogP contribution in [0.15, 0.2) is 24.3 Å². The third-order valence-corrected chi connectivity index (χ3v) is 2.91. The summed E-state index contributed by atoms with van der Waals surface area (Å²) in [7, 11) is 0. The predicted molar refractivity (Wildman–Crippen MR) is 69.3 cm³/mol. The highest BCUT2D eigenvalue weighted by molar-refractivity contribution is 6.30. The van der Waals surface area contributed by atoms with Gasteiger partial charge in [0.05, 0.1) is 0 Å². The summed E-state index contributed by atoms with van der Waals surface area (Å²) in [5.74, 6) is -0.756. The molecule has 1 unspecified atom stereocenters. The zero-order valence-corrected chi connectivity index (χ0v) is 10.9. The van der Waals surface area contributed by atoms with Gasteiger partial charge in [0.15, 0.2) is 0 Å². The Balaban J connectivity index is 2.48. The Hall–Kier alpha value is -1.06. The van der Waals surface area contributed by atoms with E-state index in [1.165, 1.54) is 0 Å². The molecule has 0 saturated carbocycles. The van der Waals surface area contributed by atoms with Gasteiger partial charge in [0.2, 0.25) is 0 Å². The van der Waals surface area contributed by atoms with E-state index in [0.29, 0.717) is 11.4 Å². The molecule has 0 saturated heterocycles. The van der Waals surface area contributed by atoms with Gasteiger partial charge in [-0.3, -0.25) is 4.79 Å². The van der Waals surface area contributed by atoms with Gasteiger partial charge in [-0.05, 0) is 38.0 Å². The number of benzene rings is 1. The van der Waals surface area contributed by atoms with Crippen LogP contribution in [-0.4, -0.2) is 17.1 Å². The lowest BCUT2D eigenvalue weighted by Crippen LogP contribution is -2.29. The van der Waals surface area contributed by atoms with Crippen LogP contribution in [0.5, 0.6) is 0 Å². The van der Waals surface area contributed by atoms with Crippen molar-refractivity contribution in [1.82, 2.24) is 5.32 Å². The molecule has 0 amide bonds. The van der Waals surface area contributed by atoms with Crippen LogP contribution in [0.1, 0.15) is 38.3 Å². The van der Waals surface area contributed by atoms with Crippen LogP contribution < -0.4 is 5.32 Å². The normalized spacial score (nSPS) is 14.3. The average Bonchev–Trinajstić information content (AvgIpc) is 2.26. The van der Waals surface area contributed by atoms with Crippen molar-refractivity contribution >= 4 is 17.6 Å². The molecule has 0 radical (unpaired) electrons. The number of carboxylic acid groups (broad SMARTS) is 1. The van der Waals surface area contributed by atoms with Crippen molar-refractivity contribution in [1.29, 1.82) is 0 Å². The zero-order chi connectivity index (χ0) is 12.8. The van der Waals surface area contributed by atoms with Crippen molar-refractivity contribution in [3.8, 4) is 0 Å². The Morgan fingerprint density at radius 2 is 2.18 bits per heavy atom. The van der Waals surface area contributed by atoms with Crippen molar-refractivity contribution in [2.24, 2.45) is 0 Å². The molecule has 1 aromatic carbocycles. The van der Waals surface area contributed by atoms with E-state index in [-0.39, 0.29) is 18.5 Å². The Kier molecular flexibility index (Phi) is 5.45. The maximum Gasteiger partial charge on any atom is 0.303 e.